The highest BCUT2D eigenvalue weighted by Crippen LogP contribution is 2.27. The number of hydrogen-bond donors (Lipinski definition) is 1. The van der Waals surface area contributed by atoms with Crippen LogP contribution in [0.1, 0.15) is 40.5 Å². The molecule has 2 unspecified atom stereocenters. The highest BCUT2D eigenvalue weighted by molar-refractivity contribution is 4.85. The van der Waals surface area contributed by atoms with Gasteiger partial charge < -0.3 is 5.32 Å². The van der Waals surface area contributed by atoms with E-state index in [1.165, 1.54) is 19.4 Å². The molecule has 0 saturated carbocycles. The van der Waals surface area contributed by atoms with Crippen LogP contribution in [0.4, 0.5) is 0 Å². The van der Waals surface area contributed by atoms with Crippen LogP contribution in [0, 0.1) is 17.8 Å². The molecule has 72 valence electrons. The topological polar surface area (TPSA) is 12.0 Å². The fourth-order valence-electron chi connectivity index (χ4n) is 2.35. The van der Waals surface area contributed by atoms with E-state index in [1.807, 2.05) is 0 Å². The molecular formula is C11H23N. The van der Waals surface area contributed by atoms with Crippen molar-refractivity contribution in [2.24, 2.45) is 17.8 Å². The molecule has 1 N–H and O–H groups in total. The van der Waals surface area contributed by atoms with Gasteiger partial charge in [0.25, 0.3) is 0 Å². The van der Waals surface area contributed by atoms with Gasteiger partial charge in [-0.05, 0) is 37.1 Å². The van der Waals surface area contributed by atoms with Crippen molar-refractivity contribution in [3.63, 3.8) is 0 Å². The summed E-state index contributed by atoms with van der Waals surface area (Å²) >= 11 is 0. The quantitative estimate of drug-likeness (QED) is 0.685. The van der Waals surface area contributed by atoms with E-state index in [-0.39, 0.29) is 0 Å². The Morgan fingerprint density at radius 3 is 2.42 bits per heavy atom. The third-order valence-corrected chi connectivity index (χ3v) is 2.98. The predicted octanol–water partition coefficient (Wildman–Crippen LogP) is 2.67. The molecule has 0 radical (unpaired) electrons. The Labute approximate surface area is 76.9 Å². The molecule has 0 aromatic carbocycles. The van der Waals surface area contributed by atoms with E-state index in [2.05, 4.69) is 33.0 Å². The lowest BCUT2D eigenvalue weighted by atomic mass is 9.85. The van der Waals surface area contributed by atoms with Crippen LogP contribution in [0.2, 0.25) is 0 Å². The summed E-state index contributed by atoms with van der Waals surface area (Å²) in [6.07, 6.45) is 2.73. The second-order valence-corrected chi connectivity index (χ2v) is 4.89. The van der Waals surface area contributed by atoms with E-state index in [0.717, 1.165) is 23.8 Å². The first-order valence-corrected chi connectivity index (χ1v) is 5.34. The maximum atomic E-state index is 3.62. The summed E-state index contributed by atoms with van der Waals surface area (Å²) < 4.78 is 0. The smallest absolute Gasteiger partial charge is 0.0101 e. The third-order valence-electron chi connectivity index (χ3n) is 2.98. The zero-order chi connectivity index (χ0) is 9.14. The molecule has 0 bridgehead atoms. The van der Waals surface area contributed by atoms with E-state index in [0.29, 0.717) is 0 Å². The lowest BCUT2D eigenvalue weighted by molar-refractivity contribution is 0.305. The van der Waals surface area contributed by atoms with Gasteiger partial charge in [-0.15, -0.1) is 0 Å². The van der Waals surface area contributed by atoms with Crippen molar-refractivity contribution >= 4 is 0 Å². The Morgan fingerprint density at radius 1 is 1.25 bits per heavy atom. The van der Waals surface area contributed by atoms with E-state index >= 15 is 0 Å². The van der Waals surface area contributed by atoms with Gasteiger partial charge >= 0.3 is 0 Å². The lowest BCUT2D eigenvalue weighted by Gasteiger charge is -2.24. The van der Waals surface area contributed by atoms with Gasteiger partial charge in [-0.1, -0.05) is 27.7 Å². The van der Waals surface area contributed by atoms with Crippen LogP contribution in [0.15, 0.2) is 0 Å². The van der Waals surface area contributed by atoms with E-state index in [4.69, 9.17) is 0 Å². The molecule has 1 fully saturated rings. The zero-order valence-electron chi connectivity index (χ0n) is 8.93. The SMILES string of the molecule is CC(C)CC1NCCC1C(C)C. The Hall–Kier alpha value is -0.0400. The van der Waals surface area contributed by atoms with Gasteiger partial charge in [0.15, 0.2) is 0 Å². The maximum Gasteiger partial charge on any atom is 0.0101 e. The molecule has 12 heavy (non-hydrogen) atoms. The standard InChI is InChI=1S/C11H23N/c1-8(2)7-11-10(9(3)4)5-6-12-11/h8-12H,5-7H2,1-4H3. The molecule has 0 amide bonds. The fraction of sp³-hybridized carbons (Fsp3) is 1.00. The van der Waals surface area contributed by atoms with Crippen molar-refractivity contribution in [1.82, 2.24) is 5.32 Å². The molecule has 1 aliphatic heterocycles. The molecule has 1 heterocycles. The van der Waals surface area contributed by atoms with Crippen LogP contribution >= 0.6 is 0 Å². The number of rotatable bonds is 3. The van der Waals surface area contributed by atoms with Gasteiger partial charge in [0.1, 0.15) is 0 Å². The highest BCUT2D eigenvalue weighted by Gasteiger charge is 2.29. The molecule has 2 atom stereocenters. The molecule has 1 aliphatic rings. The normalized spacial score (nSPS) is 30.5. The Balaban J connectivity index is 2.41. The summed E-state index contributed by atoms with van der Waals surface area (Å²) in [6, 6.07) is 0.796. The second kappa shape index (κ2) is 4.27. The van der Waals surface area contributed by atoms with Crippen molar-refractivity contribution in [2.75, 3.05) is 6.54 Å². The molecule has 0 aliphatic carbocycles. The first-order chi connectivity index (χ1) is 5.61. The Bertz CT molecular complexity index is 129. The van der Waals surface area contributed by atoms with Crippen LogP contribution in [-0.2, 0) is 0 Å². The van der Waals surface area contributed by atoms with Crippen molar-refractivity contribution in [3.05, 3.63) is 0 Å². The minimum atomic E-state index is 0.796. The van der Waals surface area contributed by atoms with Crippen LogP contribution in [0.3, 0.4) is 0 Å². The summed E-state index contributed by atoms with van der Waals surface area (Å²) in [5.41, 5.74) is 0. The monoisotopic (exact) mass is 169 g/mol. The van der Waals surface area contributed by atoms with Crippen molar-refractivity contribution in [3.8, 4) is 0 Å². The largest absolute Gasteiger partial charge is 0.314 e. The number of hydrogen-bond acceptors (Lipinski definition) is 1. The Morgan fingerprint density at radius 2 is 1.92 bits per heavy atom. The van der Waals surface area contributed by atoms with Crippen molar-refractivity contribution in [1.29, 1.82) is 0 Å². The first kappa shape index (κ1) is 10.0. The minimum Gasteiger partial charge on any atom is -0.314 e. The van der Waals surface area contributed by atoms with Gasteiger partial charge in [0.2, 0.25) is 0 Å². The van der Waals surface area contributed by atoms with Crippen LogP contribution in [0.25, 0.3) is 0 Å². The maximum absolute atomic E-state index is 3.62. The molecule has 1 rings (SSSR count). The molecule has 1 nitrogen and oxygen atoms in total. The zero-order valence-corrected chi connectivity index (χ0v) is 8.93. The van der Waals surface area contributed by atoms with Crippen LogP contribution < -0.4 is 5.32 Å². The lowest BCUT2D eigenvalue weighted by Crippen LogP contribution is -2.30. The second-order valence-electron chi connectivity index (χ2n) is 4.89. The summed E-state index contributed by atoms with van der Waals surface area (Å²) in [5.74, 6) is 2.61. The van der Waals surface area contributed by atoms with Gasteiger partial charge in [0.05, 0.1) is 0 Å². The Kier molecular flexibility index (Phi) is 3.57. The van der Waals surface area contributed by atoms with Crippen molar-refractivity contribution in [2.45, 2.75) is 46.6 Å². The highest BCUT2D eigenvalue weighted by atomic mass is 15.0. The average Bonchev–Trinajstić information content (AvgIpc) is 2.33. The summed E-state index contributed by atoms with van der Waals surface area (Å²) in [4.78, 5) is 0. The van der Waals surface area contributed by atoms with Crippen LogP contribution in [-0.4, -0.2) is 12.6 Å². The van der Waals surface area contributed by atoms with Gasteiger partial charge in [0, 0.05) is 6.04 Å². The molecular weight excluding hydrogens is 146 g/mol. The van der Waals surface area contributed by atoms with E-state index in [1.54, 1.807) is 0 Å². The van der Waals surface area contributed by atoms with Gasteiger partial charge in [-0.3, -0.25) is 0 Å². The van der Waals surface area contributed by atoms with E-state index < -0.39 is 0 Å². The molecule has 1 heteroatoms. The summed E-state index contributed by atoms with van der Waals surface area (Å²) in [5, 5.41) is 3.62. The summed E-state index contributed by atoms with van der Waals surface area (Å²) in [7, 11) is 0. The van der Waals surface area contributed by atoms with Gasteiger partial charge in [-0.2, -0.15) is 0 Å². The van der Waals surface area contributed by atoms with Gasteiger partial charge in [-0.25, -0.2) is 0 Å². The van der Waals surface area contributed by atoms with Crippen LogP contribution in [0.5, 0.6) is 0 Å². The van der Waals surface area contributed by atoms with Crippen molar-refractivity contribution < 1.29 is 0 Å². The predicted molar refractivity (Wildman–Crippen MR) is 54.2 cm³/mol. The first-order valence-electron chi connectivity index (χ1n) is 5.34. The average molecular weight is 169 g/mol. The molecule has 0 aromatic rings. The molecule has 0 spiro atoms. The summed E-state index contributed by atoms with van der Waals surface area (Å²) in [6.45, 7) is 10.6. The molecule has 1 saturated heterocycles. The van der Waals surface area contributed by atoms with E-state index in [9.17, 15) is 0 Å². The third kappa shape index (κ3) is 2.48. The number of nitrogens with one attached hydrogen (secondary N) is 1. The molecule has 0 aromatic heterocycles. The fourth-order valence-corrected chi connectivity index (χ4v) is 2.35. The minimum absolute atomic E-state index is 0.796.